The molecule has 2 N–H and O–H groups in total. The number of rotatable bonds is 2. The lowest BCUT2D eigenvalue weighted by Gasteiger charge is -2.49. The highest BCUT2D eigenvalue weighted by atomic mass is 19.4. The second-order valence-corrected chi connectivity index (χ2v) is 9.54. The second kappa shape index (κ2) is 5.14. The first-order valence-corrected chi connectivity index (χ1v) is 9.20. The highest BCUT2D eigenvalue weighted by Crippen LogP contribution is 2.71. The summed E-state index contributed by atoms with van der Waals surface area (Å²) in [5, 5.41) is 0. The summed E-state index contributed by atoms with van der Waals surface area (Å²) < 4.78 is 44.1. The third-order valence-electron chi connectivity index (χ3n) is 6.77. The maximum Gasteiger partial charge on any atom is 0.397 e. The van der Waals surface area contributed by atoms with Crippen molar-refractivity contribution in [3.8, 4) is 0 Å². The van der Waals surface area contributed by atoms with E-state index < -0.39 is 47.6 Å². The fourth-order valence-electron chi connectivity index (χ4n) is 5.76. The molecule has 0 radical (unpaired) electrons. The van der Waals surface area contributed by atoms with Gasteiger partial charge >= 0.3 is 12.1 Å². The van der Waals surface area contributed by atoms with Gasteiger partial charge in [-0.25, -0.2) is 0 Å². The maximum absolute atomic E-state index is 12.8. The van der Waals surface area contributed by atoms with Crippen molar-refractivity contribution in [2.24, 2.45) is 34.8 Å². The molecule has 1 heterocycles. The van der Waals surface area contributed by atoms with E-state index in [0.29, 0.717) is 6.54 Å². The molecule has 0 aromatic heterocycles. The van der Waals surface area contributed by atoms with E-state index in [9.17, 15) is 22.8 Å². The third-order valence-corrected chi connectivity index (χ3v) is 6.77. The number of nitrogens with two attached hydrogens (primary N) is 1. The fraction of sp³-hybridized carbons (Fsp3) is 0.889. The molecule has 0 spiro atoms. The average Bonchev–Trinajstić information content (AvgIpc) is 2.96. The molecule has 7 atom stereocenters. The summed E-state index contributed by atoms with van der Waals surface area (Å²) in [5.41, 5.74) is 5.18. The Balaban J connectivity index is 1.64. The van der Waals surface area contributed by atoms with Crippen LogP contribution in [0.15, 0.2) is 0 Å². The van der Waals surface area contributed by atoms with Crippen molar-refractivity contribution in [2.75, 3.05) is 6.54 Å². The summed E-state index contributed by atoms with van der Waals surface area (Å²) in [7, 11) is 0. The minimum absolute atomic E-state index is 0.0347. The monoisotopic (exact) mass is 374 g/mol. The summed E-state index contributed by atoms with van der Waals surface area (Å²) >= 11 is 0. The van der Waals surface area contributed by atoms with Crippen molar-refractivity contribution in [3.63, 3.8) is 0 Å². The molecule has 26 heavy (non-hydrogen) atoms. The molecule has 5 nitrogen and oxygen atoms in total. The summed E-state index contributed by atoms with van der Waals surface area (Å²) in [6.07, 6.45) is -5.10. The van der Waals surface area contributed by atoms with E-state index in [-0.39, 0.29) is 23.7 Å². The van der Waals surface area contributed by atoms with Gasteiger partial charge in [-0.1, -0.05) is 0 Å². The molecule has 8 heteroatoms. The molecule has 0 aromatic carbocycles. The topological polar surface area (TPSA) is 72.6 Å². The predicted molar refractivity (Wildman–Crippen MR) is 85.6 cm³/mol. The molecule has 1 aliphatic heterocycles. The van der Waals surface area contributed by atoms with Crippen LogP contribution in [0, 0.1) is 29.1 Å². The number of hydrogen-bond donors (Lipinski definition) is 1. The van der Waals surface area contributed by atoms with Crippen LogP contribution in [0.5, 0.6) is 0 Å². The molecule has 4 rings (SSSR count). The highest BCUT2D eigenvalue weighted by molar-refractivity contribution is 5.79. The van der Waals surface area contributed by atoms with Gasteiger partial charge in [-0.2, -0.15) is 13.2 Å². The van der Waals surface area contributed by atoms with E-state index in [1.807, 2.05) is 0 Å². The Labute approximate surface area is 150 Å². The van der Waals surface area contributed by atoms with Crippen molar-refractivity contribution in [1.29, 1.82) is 0 Å². The predicted octanol–water partition coefficient (Wildman–Crippen LogP) is 2.09. The van der Waals surface area contributed by atoms with Crippen LogP contribution in [0.3, 0.4) is 0 Å². The number of halogens is 3. The summed E-state index contributed by atoms with van der Waals surface area (Å²) in [4.78, 5) is 26.2. The SMILES string of the molecule is CC(C)(C)C(=O)OC1C2C3CC(CC4C3C41N)CN2C(=O)CC(F)(F)F. The fourth-order valence-corrected chi connectivity index (χ4v) is 5.76. The first kappa shape index (κ1) is 18.1. The van der Waals surface area contributed by atoms with Crippen LogP contribution in [0.25, 0.3) is 0 Å². The molecule has 3 saturated carbocycles. The van der Waals surface area contributed by atoms with E-state index in [1.54, 1.807) is 20.8 Å². The van der Waals surface area contributed by atoms with Crippen LogP contribution in [0.4, 0.5) is 13.2 Å². The van der Waals surface area contributed by atoms with Gasteiger partial charge in [-0.15, -0.1) is 0 Å². The van der Waals surface area contributed by atoms with E-state index in [1.165, 1.54) is 4.90 Å². The Morgan fingerprint density at radius 2 is 1.88 bits per heavy atom. The lowest BCUT2D eigenvalue weighted by molar-refractivity contribution is -0.179. The van der Waals surface area contributed by atoms with Gasteiger partial charge in [-0.05, 0) is 57.3 Å². The Morgan fingerprint density at radius 3 is 2.46 bits per heavy atom. The van der Waals surface area contributed by atoms with Crippen LogP contribution in [-0.2, 0) is 14.3 Å². The molecular weight excluding hydrogens is 349 g/mol. The van der Waals surface area contributed by atoms with Gasteiger partial charge in [0.25, 0.3) is 0 Å². The number of hydrogen-bond acceptors (Lipinski definition) is 4. The number of fused-ring (bicyclic) bond motifs is 2. The van der Waals surface area contributed by atoms with Crippen LogP contribution >= 0.6 is 0 Å². The minimum Gasteiger partial charge on any atom is -0.458 e. The Kier molecular flexibility index (Phi) is 3.58. The highest BCUT2D eigenvalue weighted by Gasteiger charge is 2.81. The van der Waals surface area contributed by atoms with Gasteiger partial charge in [0.2, 0.25) is 5.91 Å². The van der Waals surface area contributed by atoms with Gasteiger partial charge in [0, 0.05) is 6.54 Å². The number of piperidine rings is 1. The number of carbonyl (C=O) groups is 2. The zero-order valence-electron chi connectivity index (χ0n) is 15.2. The summed E-state index contributed by atoms with van der Waals surface area (Å²) in [5.74, 6) is -0.740. The molecular formula is C18H25F3N2O3. The lowest BCUT2D eigenvalue weighted by Crippen LogP contribution is -2.62. The molecule has 3 aliphatic carbocycles. The molecule has 1 amide bonds. The average molecular weight is 374 g/mol. The van der Waals surface area contributed by atoms with E-state index in [4.69, 9.17) is 10.5 Å². The molecule has 4 fully saturated rings. The number of carbonyl (C=O) groups excluding carboxylic acids is 2. The van der Waals surface area contributed by atoms with Crippen LogP contribution in [0.2, 0.25) is 0 Å². The van der Waals surface area contributed by atoms with Crippen molar-refractivity contribution < 1.29 is 27.5 Å². The Morgan fingerprint density at radius 1 is 1.23 bits per heavy atom. The zero-order valence-corrected chi connectivity index (χ0v) is 15.2. The normalized spacial score (nSPS) is 43.3. The molecule has 4 aliphatic rings. The molecule has 2 bridgehead atoms. The number of alkyl halides is 3. The molecule has 146 valence electrons. The number of ether oxygens (including phenoxy) is 1. The Bertz CT molecular complexity index is 657. The van der Waals surface area contributed by atoms with Gasteiger partial charge in [-0.3, -0.25) is 9.59 Å². The minimum atomic E-state index is -4.55. The molecule has 1 saturated heterocycles. The first-order chi connectivity index (χ1) is 11.8. The van der Waals surface area contributed by atoms with Crippen LogP contribution in [-0.4, -0.2) is 47.2 Å². The number of likely N-dealkylation sites (tertiary alicyclic amines) is 1. The van der Waals surface area contributed by atoms with Crippen LogP contribution < -0.4 is 5.73 Å². The van der Waals surface area contributed by atoms with Crippen molar-refractivity contribution in [3.05, 3.63) is 0 Å². The van der Waals surface area contributed by atoms with E-state index in [0.717, 1.165) is 12.8 Å². The smallest absolute Gasteiger partial charge is 0.397 e. The van der Waals surface area contributed by atoms with Crippen molar-refractivity contribution >= 4 is 11.9 Å². The number of amides is 1. The van der Waals surface area contributed by atoms with Gasteiger partial charge < -0.3 is 15.4 Å². The van der Waals surface area contributed by atoms with E-state index >= 15 is 0 Å². The standard InChI is InChI=1S/C18H25F3N2O3/c1-16(2,3)15(25)26-14-13-9-4-8(5-10-12(9)18(10,14)22)7-23(13)11(24)6-17(19,20)21/h8-10,12-14H,4-7,22H2,1-3H3. The van der Waals surface area contributed by atoms with Crippen molar-refractivity contribution in [2.45, 2.75) is 63.9 Å². The van der Waals surface area contributed by atoms with Crippen LogP contribution in [0.1, 0.15) is 40.0 Å². The summed E-state index contributed by atoms with van der Waals surface area (Å²) in [6, 6.07) is -0.529. The van der Waals surface area contributed by atoms with Gasteiger partial charge in [0.1, 0.15) is 12.5 Å². The van der Waals surface area contributed by atoms with Gasteiger partial charge in [0.05, 0.1) is 17.0 Å². The quantitative estimate of drug-likeness (QED) is 0.752. The van der Waals surface area contributed by atoms with Crippen molar-refractivity contribution in [1.82, 2.24) is 4.90 Å². The first-order valence-electron chi connectivity index (χ1n) is 9.20. The largest absolute Gasteiger partial charge is 0.458 e. The molecule has 7 unspecified atom stereocenters. The maximum atomic E-state index is 12.8. The third kappa shape index (κ3) is 2.47. The molecule has 0 aromatic rings. The van der Waals surface area contributed by atoms with E-state index in [2.05, 4.69) is 0 Å². The number of nitrogens with zero attached hydrogens (tertiary/aromatic N) is 1. The number of esters is 1. The van der Waals surface area contributed by atoms with Gasteiger partial charge in [0.15, 0.2) is 0 Å². The Hall–Kier alpha value is -1.31. The summed E-state index contributed by atoms with van der Waals surface area (Å²) in [6.45, 7) is 5.48. The lowest BCUT2D eigenvalue weighted by atomic mass is 9.72. The zero-order chi connectivity index (χ0) is 19.2. The second-order valence-electron chi connectivity index (χ2n) is 9.54.